The van der Waals surface area contributed by atoms with Crippen molar-refractivity contribution in [3.63, 3.8) is 0 Å². The molecule has 0 aliphatic carbocycles. The summed E-state index contributed by atoms with van der Waals surface area (Å²) in [6.07, 6.45) is 4.46. The fourth-order valence-corrected chi connectivity index (χ4v) is 8.92. The Hall–Kier alpha value is -5.05. The molecule has 0 bridgehead atoms. The second-order valence-electron chi connectivity index (χ2n) is 18.0. The number of carbonyl (C=O) groups excluding carboxylic acids is 5. The molecule has 1 aromatic carbocycles. The lowest BCUT2D eigenvalue weighted by Gasteiger charge is -2.40. The molecule has 0 saturated carbocycles. The molecule has 0 radical (unpaired) electrons. The second-order valence-corrected chi connectivity index (χ2v) is 18.9. The van der Waals surface area contributed by atoms with Crippen LogP contribution in [0.1, 0.15) is 127 Å². The Balaban J connectivity index is 1.73. The number of azide groups is 1. The van der Waals surface area contributed by atoms with Gasteiger partial charge in [-0.15, -0.1) is 11.3 Å². The van der Waals surface area contributed by atoms with Crippen molar-refractivity contribution in [3.8, 4) is 5.75 Å². The maximum atomic E-state index is 14.8. The molecule has 0 spiro atoms. The normalized spacial score (nSPS) is 16.5. The van der Waals surface area contributed by atoms with Gasteiger partial charge in [-0.1, -0.05) is 78.6 Å². The van der Waals surface area contributed by atoms with E-state index >= 15 is 0 Å². The number of piperidine rings is 1. The number of hydrogen-bond donors (Lipinski definition) is 5. The van der Waals surface area contributed by atoms with Gasteiger partial charge in [0.1, 0.15) is 35.2 Å². The number of carbonyl (C=O) groups is 5. The number of thiazole rings is 1. The van der Waals surface area contributed by atoms with Gasteiger partial charge >= 0.3 is 6.09 Å². The Morgan fingerprint density at radius 2 is 1.65 bits per heavy atom. The molecule has 0 unspecified atom stereocenters. The number of hydrogen-bond acceptors (Lipinski definition) is 14. The van der Waals surface area contributed by atoms with Gasteiger partial charge in [-0.25, -0.2) is 15.2 Å². The average Bonchev–Trinajstić information content (AvgIpc) is 3.83. The molecule has 1 saturated heterocycles. The monoisotopic (exact) mass is 987 g/mol. The lowest BCUT2D eigenvalue weighted by atomic mass is 9.92. The van der Waals surface area contributed by atoms with Crippen LogP contribution in [0, 0.1) is 17.8 Å². The molecule has 2 heterocycles. The number of benzene rings is 1. The van der Waals surface area contributed by atoms with Crippen molar-refractivity contribution in [1.82, 2.24) is 36.3 Å². The van der Waals surface area contributed by atoms with E-state index in [1.807, 2.05) is 39.6 Å². The van der Waals surface area contributed by atoms with E-state index in [-0.39, 0.29) is 93.2 Å². The Kier molecular flexibility index (Phi) is 27.0. The Morgan fingerprint density at radius 1 is 0.942 bits per heavy atom. The van der Waals surface area contributed by atoms with Crippen LogP contribution in [0.2, 0.25) is 0 Å². The number of aromatic hydroxyl groups is 1. The van der Waals surface area contributed by atoms with Gasteiger partial charge in [0.15, 0.2) is 0 Å². The highest BCUT2D eigenvalue weighted by molar-refractivity contribution is 7.09. The Labute approximate surface area is 411 Å². The van der Waals surface area contributed by atoms with Crippen molar-refractivity contribution < 1.29 is 48.0 Å². The highest BCUT2D eigenvalue weighted by atomic mass is 32.1. The van der Waals surface area contributed by atoms with E-state index in [1.54, 1.807) is 36.6 Å². The predicted molar refractivity (Wildman–Crippen MR) is 263 cm³/mol. The van der Waals surface area contributed by atoms with E-state index in [9.17, 15) is 29.1 Å². The molecule has 1 fully saturated rings. The first-order chi connectivity index (χ1) is 33.1. The van der Waals surface area contributed by atoms with E-state index in [0.717, 1.165) is 44.2 Å². The Morgan fingerprint density at radius 3 is 2.30 bits per heavy atom. The SMILES string of the molecule is CCCO[C@H](C[C@H](C(C)C)N(CCC)C(=O)[C@@H](NC(=O)[C@H]1CCCCN1C)[C@@H](C)CC)c1nc(C(=O)N[C@@H](Cc2ccc(O)cc2)C[C@H](C)C(=O)NNC(=O)OCCOCCOCCN=[N+]=[N-])cs1. The highest BCUT2D eigenvalue weighted by Crippen LogP contribution is 2.32. The second kappa shape index (κ2) is 32.0. The lowest BCUT2D eigenvalue weighted by Crippen LogP contribution is -2.58. The number of likely N-dealkylation sites (tertiary alicyclic amines) is 1. The van der Waals surface area contributed by atoms with Crippen molar-refractivity contribution in [2.75, 3.05) is 66.3 Å². The number of likely N-dealkylation sites (N-methyl/N-ethyl adjacent to an activating group) is 1. The molecular formula is C48H78N10O10S. The van der Waals surface area contributed by atoms with Gasteiger partial charge in [-0.05, 0) is 87.2 Å². The van der Waals surface area contributed by atoms with Gasteiger partial charge in [0.05, 0.1) is 32.5 Å². The zero-order valence-corrected chi connectivity index (χ0v) is 42.8. The summed E-state index contributed by atoms with van der Waals surface area (Å²) >= 11 is 1.30. The molecule has 1 aliphatic rings. The summed E-state index contributed by atoms with van der Waals surface area (Å²) in [6, 6.07) is 4.78. The van der Waals surface area contributed by atoms with Crippen molar-refractivity contribution in [3.05, 3.63) is 56.4 Å². The van der Waals surface area contributed by atoms with Gasteiger partial charge in [-0.2, -0.15) is 0 Å². The molecule has 21 heteroatoms. The molecule has 7 atom stereocenters. The molecule has 5 amide bonds. The first-order valence-corrected chi connectivity index (χ1v) is 25.4. The van der Waals surface area contributed by atoms with Crippen LogP contribution in [-0.4, -0.2) is 140 Å². The Bertz CT molecular complexity index is 1920. The lowest BCUT2D eigenvalue weighted by molar-refractivity contribution is -0.143. The maximum absolute atomic E-state index is 14.8. The van der Waals surface area contributed by atoms with Gasteiger partial charge < -0.3 is 39.6 Å². The third kappa shape index (κ3) is 20.4. The minimum atomic E-state index is -0.884. The molecule has 5 N–H and O–H groups in total. The van der Waals surface area contributed by atoms with E-state index in [1.165, 1.54) is 11.3 Å². The van der Waals surface area contributed by atoms with Gasteiger partial charge in [-0.3, -0.25) is 29.5 Å². The first kappa shape index (κ1) is 58.3. The molecule has 3 rings (SSSR count). The van der Waals surface area contributed by atoms with E-state index in [0.29, 0.717) is 37.4 Å². The summed E-state index contributed by atoms with van der Waals surface area (Å²) in [7, 11) is 1.97. The van der Waals surface area contributed by atoms with Crippen LogP contribution in [0.15, 0.2) is 34.8 Å². The third-order valence-corrected chi connectivity index (χ3v) is 13.1. The van der Waals surface area contributed by atoms with Crippen LogP contribution in [-0.2, 0) is 39.8 Å². The minimum Gasteiger partial charge on any atom is -0.508 e. The number of ether oxygens (including phenoxy) is 4. The topological polar surface area (TPSA) is 259 Å². The molecule has 69 heavy (non-hydrogen) atoms. The number of nitrogens with zero attached hydrogens (tertiary/aromatic N) is 6. The van der Waals surface area contributed by atoms with E-state index < -0.39 is 42.0 Å². The van der Waals surface area contributed by atoms with E-state index in [4.69, 9.17) is 29.5 Å². The molecule has 1 aliphatic heterocycles. The number of rotatable bonds is 31. The summed E-state index contributed by atoms with van der Waals surface area (Å²) in [4.78, 5) is 79.3. The fraction of sp³-hybridized carbons (Fsp3) is 0.708. The van der Waals surface area contributed by atoms with Gasteiger partial charge in [0.2, 0.25) is 17.7 Å². The number of aromatic nitrogens is 1. The molecular weight excluding hydrogens is 909 g/mol. The van der Waals surface area contributed by atoms with Crippen LogP contribution >= 0.6 is 11.3 Å². The standard InChI is InChI=1S/C48H78N10O10S/c1-9-20-58(47(63)42(33(6)11-3)53-45(62)39-14-12-13-21-57(39)8)40(32(4)5)30-41(67-22-10-2)46-52-38(31-69-46)44(61)51-36(29-35-15-17-37(59)18-16-35)28-34(7)43(60)54-55-48(64)68-27-26-66-25-24-65-23-19-50-56-49/h15-18,31-34,36,39-42,59H,9-14,19-30H2,1-8H3,(H,51,61)(H,53,62)(H,54,60)(H,55,64)/t33-,34-,36+,39+,40+,41+,42-/m0/s1. The average molecular weight is 987 g/mol. The van der Waals surface area contributed by atoms with Crippen LogP contribution < -0.4 is 21.5 Å². The predicted octanol–water partition coefficient (Wildman–Crippen LogP) is 6.45. The zero-order valence-electron chi connectivity index (χ0n) is 41.9. The van der Waals surface area contributed by atoms with Crippen LogP contribution in [0.5, 0.6) is 5.75 Å². The summed E-state index contributed by atoms with van der Waals surface area (Å²) in [5, 5.41) is 21.8. The number of nitrogens with one attached hydrogen (secondary N) is 4. The third-order valence-electron chi connectivity index (χ3n) is 12.1. The van der Waals surface area contributed by atoms with Crippen molar-refractivity contribution in [1.29, 1.82) is 0 Å². The summed E-state index contributed by atoms with van der Waals surface area (Å²) in [5.74, 6) is -1.85. The number of amides is 5. The molecule has 1 aromatic heterocycles. The van der Waals surface area contributed by atoms with Crippen molar-refractivity contribution in [2.45, 2.75) is 137 Å². The molecule has 2 aromatic rings. The summed E-state index contributed by atoms with van der Waals surface area (Å²) in [6.45, 7) is 16.7. The van der Waals surface area contributed by atoms with Crippen molar-refractivity contribution in [2.24, 2.45) is 22.9 Å². The first-order valence-electron chi connectivity index (χ1n) is 24.5. The number of phenolic OH excluding ortho intramolecular Hbond substituents is 1. The quantitative estimate of drug-likeness (QED) is 0.0180. The summed E-state index contributed by atoms with van der Waals surface area (Å²) in [5.41, 5.74) is 13.9. The maximum Gasteiger partial charge on any atom is 0.426 e. The van der Waals surface area contributed by atoms with Crippen LogP contribution in [0.25, 0.3) is 10.4 Å². The largest absolute Gasteiger partial charge is 0.508 e. The van der Waals surface area contributed by atoms with Gasteiger partial charge in [0, 0.05) is 54.4 Å². The highest BCUT2D eigenvalue weighted by Gasteiger charge is 2.38. The zero-order chi connectivity index (χ0) is 50.7. The van der Waals surface area contributed by atoms with Crippen molar-refractivity contribution >= 4 is 41.1 Å². The smallest absolute Gasteiger partial charge is 0.426 e. The fourth-order valence-electron chi connectivity index (χ4n) is 8.06. The summed E-state index contributed by atoms with van der Waals surface area (Å²) < 4.78 is 22.1. The van der Waals surface area contributed by atoms with Crippen LogP contribution in [0.4, 0.5) is 4.79 Å². The molecule has 20 nitrogen and oxygen atoms in total. The van der Waals surface area contributed by atoms with E-state index in [2.05, 4.69) is 50.3 Å². The van der Waals surface area contributed by atoms with Crippen LogP contribution in [0.3, 0.4) is 0 Å². The number of hydrazine groups is 1. The van der Waals surface area contributed by atoms with Gasteiger partial charge in [0.25, 0.3) is 5.91 Å². The minimum absolute atomic E-state index is 0.0225. The molecule has 386 valence electrons. The number of phenols is 1.